The second kappa shape index (κ2) is 9.90. The van der Waals surface area contributed by atoms with Crippen molar-refractivity contribution in [2.24, 2.45) is 22.4 Å². The van der Waals surface area contributed by atoms with Gasteiger partial charge in [0.25, 0.3) is 5.90 Å². The fourth-order valence-electron chi connectivity index (χ4n) is 2.83. The quantitative estimate of drug-likeness (QED) is 0.167. The van der Waals surface area contributed by atoms with E-state index in [4.69, 9.17) is 4.74 Å². The normalized spacial score (nSPS) is 12.0. The van der Waals surface area contributed by atoms with Crippen LogP contribution >= 0.6 is 0 Å². The number of rotatable bonds is 8. The summed E-state index contributed by atoms with van der Waals surface area (Å²) in [4.78, 5) is 12.0. The van der Waals surface area contributed by atoms with Crippen molar-refractivity contribution in [3.63, 3.8) is 0 Å². The second-order valence-electron chi connectivity index (χ2n) is 6.94. The fraction of sp³-hybridized carbons (Fsp3) is 0.227. The number of hydrogen-bond acceptors (Lipinski definition) is 6. The van der Waals surface area contributed by atoms with Crippen molar-refractivity contribution in [3.05, 3.63) is 72.8 Å². The molecule has 0 N–H and O–H groups in total. The number of alkyl halides is 2. The van der Waals surface area contributed by atoms with Gasteiger partial charge in [-0.1, -0.05) is 24.4 Å². The molecule has 1 aromatic carbocycles. The number of pyridine rings is 1. The summed E-state index contributed by atoms with van der Waals surface area (Å²) in [6.45, 7) is 7.99. The Balaban J connectivity index is 1.59. The summed E-state index contributed by atoms with van der Waals surface area (Å²) in [7, 11) is 4.91. The van der Waals surface area contributed by atoms with Crippen LogP contribution in [0.2, 0.25) is 0 Å². The Labute approximate surface area is 184 Å². The molecule has 0 aliphatic rings. The van der Waals surface area contributed by atoms with Crippen LogP contribution in [-0.2, 0) is 18.3 Å². The molecule has 10 heteroatoms. The standard InChI is InChI=1S/C22H23F2N7O/c1-14(16-7-9-20-19(10-16)27-13-30(20)4)28-29-31(5)12-18-8-6-17(11-26-18)15(2)32-22(25-3)21(23)24/h6-11,13,21H,1-2,12H2,3-5H3. The summed E-state index contributed by atoms with van der Waals surface area (Å²) in [6, 6.07) is 9.19. The van der Waals surface area contributed by atoms with Gasteiger partial charge in [-0.05, 0) is 24.3 Å². The molecule has 0 spiro atoms. The molecule has 0 fully saturated rings. The highest BCUT2D eigenvalue weighted by molar-refractivity contribution is 5.84. The monoisotopic (exact) mass is 439 g/mol. The number of aryl methyl sites for hydroxylation is 1. The topological polar surface area (TPSA) is 80.3 Å². The molecular formula is C22H23F2N7O. The van der Waals surface area contributed by atoms with Gasteiger partial charge in [0.2, 0.25) is 0 Å². The van der Waals surface area contributed by atoms with Crippen LogP contribution in [0, 0.1) is 0 Å². The van der Waals surface area contributed by atoms with E-state index in [0.717, 1.165) is 16.6 Å². The molecule has 0 aliphatic carbocycles. The molecule has 8 nitrogen and oxygen atoms in total. The zero-order valence-corrected chi connectivity index (χ0v) is 18.0. The van der Waals surface area contributed by atoms with Gasteiger partial charge < -0.3 is 9.30 Å². The maximum atomic E-state index is 12.7. The number of aromatic nitrogens is 3. The predicted molar refractivity (Wildman–Crippen MR) is 120 cm³/mol. The van der Waals surface area contributed by atoms with Crippen LogP contribution in [0.4, 0.5) is 8.78 Å². The highest BCUT2D eigenvalue weighted by Crippen LogP contribution is 2.21. The third-order valence-corrected chi connectivity index (χ3v) is 4.55. The number of hydrogen-bond donors (Lipinski definition) is 0. The van der Waals surface area contributed by atoms with Crippen molar-refractivity contribution in [2.45, 2.75) is 13.0 Å². The Bertz CT molecular complexity index is 1180. The maximum Gasteiger partial charge on any atom is 0.312 e. The van der Waals surface area contributed by atoms with E-state index in [9.17, 15) is 8.78 Å². The molecule has 2 aromatic heterocycles. The first-order valence-electron chi connectivity index (χ1n) is 9.58. The van der Waals surface area contributed by atoms with E-state index in [2.05, 4.69) is 38.5 Å². The largest absolute Gasteiger partial charge is 0.438 e. The lowest BCUT2D eigenvalue weighted by atomic mass is 10.1. The van der Waals surface area contributed by atoms with E-state index in [1.165, 1.54) is 13.2 Å². The number of imidazole rings is 1. The van der Waals surface area contributed by atoms with Crippen molar-refractivity contribution in [3.8, 4) is 0 Å². The molecule has 0 radical (unpaired) electrons. The Morgan fingerprint density at radius 2 is 1.94 bits per heavy atom. The highest BCUT2D eigenvalue weighted by atomic mass is 19.3. The molecule has 2 heterocycles. The molecule has 0 atom stereocenters. The summed E-state index contributed by atoms with van der Waals surface area (Å²) < 4.78 is 32.4. The van der Waals surface area contributed by atoms with E-state index in [-0.39, 0.29) is 5.76 Å². The first-order chi connectivity index (χ1) is 15.3. The van der Waals surface area contributed by atoms with Crippen molar-refractivity contribution >= 4 is 28.4 Å². The smallest absolute Gasteiger partial charge is 0.312 e. The average molecular weight is 439 g/mol. The number of benzene rings is 1. The first-order valence-corrected chi connectivity index (χ1v) is 9.58. The third kappa shape index (κ3) is 5.39. The van der Waals surface area contributed by atoms with Gasteiger partial charge in [0, 0.05) is 38.5 Å². The van der Waals surface area contributed by atoms with Crippen LogP contribution in [0.3, 0.4) is 0 Å². The minimum absolute atomic E-state index is 0.0409. The molecular weight excluding hydrogens is 416 g/mol. The minimum Gasteiger partial charge on any atom is -0.438 e. The van der Waals surface area contributed by atoms with Crippen molar-refractivity contribution in [1.29, 1.82) is 0 Å². The number of halogens is 2. The Morgan fingerprint density at radius 3 is 2.59 bits per heavy atom. The number of aliphatic imine (C=N–C) groups is 1. The predicted octanol–water partition coefficient (Wildman–Crippen LogP) is 4.72. The molecule has 0 unspecified atom stereocenters. The Hall–Kier alpha value is -3.95. The van der Waals surface area contributed by atoms with Gasteiger partial charge in [-0.2, -0.15) is 8.78 Å². The number of fused-ring (bicyclic) bond motifs is 1. The van der Waals surface area contributed by atoms with Gasteiger partial charge in [-0.15, -0.1) is 5.11 Å². The lowest BCUT2D eigenvalue weighted by Crippen LogP contribution is -2.14. The molecule has 3 rings (SSSR count). The minimum atomic E-state index is -2.82. The van der Waals surface area contributed by atoms with Crippen LogP contribution in [-0.4, -0.2) is 46.0 Å². The molecule has 0 amide bonds. The maximum absolute atomic E-state index is 12.7. The molecule has 166 valence electrons. The van der Waals surface area contributed by atoms with E-state index >= 15 is 0 Å². The lowest BCUT2D eigenvalue weighted by Gasteiger charge is -2.12. The molecule has 0 bridgehead atoms. The summed E-state index contributed by atoms with van der Waals surface area (Å²) in [6.07, 6.45) is 0.424. The van der Waals surface area contributed by atoms with Crippen LogP contribution in [0.1, 0.15) is 16.8 Å². The Morgan fingerprint density at radius 1 is 1.19 bits per heavy atom. The van der Waals surface area contributed by atoms with Gasteiger partial charge in [0.05, 0.1) is 35.3 Å². The summed E-state index contributed by atoms with van der Waals surface area (Å²) in [5, 5.41) is 9.95. The zero-order chi connectivity index (χ0) is 23.3. The van der Waals surface area contributed by atoms with Crippen LogP contribution < -0.4 is 0 Å². The highest BCUT2D eigenvalue weighted by Gasteiger charge is 2.16. The van der Waals surface area contributed by atoms with Crippen LogP contribution in [0.25, 0.3) is 22.5 Å². The average Bonchev–Trinajstić information content (AvgIpc) is 3.16. The lowest BCUT2D eigenvalue weighted by molar-refractivity contribution is 0.196. The van der Waals surface area contributed by atoms with Gasteiger partial charge >= 0.3 is 6.43 Å². The number of nitrogens with zero attached hydrogens (tertiary/aromatic N) is 7. The van der Waals surface area contributed by atoms with E-state index in [1.807, 2.05) is 29.8 Å². The Kier molecular flexibility index (Phi) is 7.04. The van der Waals surface area contributed by atoms with Gasteiger partial charge in [-0.3, -0.25) is 15.0 Å². The zero-order valence-electron chi connectivity index (χ0n) is 18.0. The van der Waals surface area contributed by atoms with E-state index in [0.29, 0.717) is 23.5 Å². The number of ether oxygens (including phenoxy) is 1. The summed E-state index contributed by atoms with van der Waals surface area (Å²) in [5.74, 6) is -0.652. The third-order valence-electron chi connectivity index (χ3n) is 4.55. The second-order valence-corrected chi connectivity index (χ2v) is 6.94. The SMILES string of the molecule is C=C(N=NN(C)Cc1ccc(C(=C)OC(=NC)C(F)F)cn1)c1ccc2c(c1)ncn2C. The van der Waals surface area contributed by atoms with Crippen molar-refractivity contribution in [2.75, 3.05) is 14.1 Å². The van der Waals surface area contributed by atoms with E-state index in [1.54, 1.807) is 30.5 Å². The van der Waals surface area contributed by atoms with Crippen molar-refractivity contribution in [1.82, 2.24) is 19.5 Å². The molecule has 0 saturated heterocycles. The molecule has 0 saturated carbocycles. The van der Waals surface area contributed by atoms with Gasteiger partial charge in [0.1, 0.15) is 5.76 Å². The molecule has 0 aliphatic heterocycles. The first kappa shape index (κ1) is 22.7. The van der Waals surface area contributed by atoms with Crippen LogP contribution in [0.15, 0.2) is 71.3 Å². The van der Waals surface area contributed by atoms with E-state index < -0.39 is 12.3 Å². The summed E-state index contributed by atoms with van der Waals surface area (Å²) in [5.41, 5.74) is 4.38. The van der Waals surface area contributed by atoms with Crippen molar-refractivity contribution < 1.29 is 13.5 Å². The molecule has 3 aromatic rings. The van der Waals surface area contributed by atoms with Gasteiger partial charge in [0.15, 0.2) is 0 Å². The molecule has 32 heavy (non-hydrogen) atoms. The fourth-order valence-corrected chi connectivity index (χ4v) is 2.83. The van der Waals surface area contributed by atoms with Crippen LogP contribution in [0.5, 0.6) is 0 Å². The summed E-state index contributed by atoms with van der Waals surface area (Å²) >= 11 is 0. The van der Waals surface area contributed by atoms with Gasteiger partial charge in [-0.25, -0.2) is 4.98 Å².